The van der Waals surface area contributed by atoms with Gasteiger partial charge < -0.3 is 10.6 Å². The Morgan fingerprint density at radius 2 is 1.55 bits per heavy atom. The van der Waals surface area contributed by atoms with Crippen molar-refractivity contribution < 1.29 is 18.0 Å². The second-order valence-electron chi connectivity index (χ2n) is 5.86. The van der Waals surface area contributed by atoms with E-state index < -0.39 is 10.0 Å². The Kier molecular flexibility index (Phi) is 6.70. The van der Waals surface area contributed by atoms with Crippen LogP contribution in [0.2, 0.25) is 0 Å². The smallest absolute Gasteiger partial charge is 0.265 e. The quantitative estimate of drug-likeness (QED) is 0.480. The van der Waals surface area contributed by atoms with Crippen LogP contribution >= 0.6 is 23.1 Å². The summed E-state index contributed by atoms with van der Waals surface area (Å²) in [6.07, 6.45) is 0. The molecule has 10 heteroatoms. The Bertz CT molecular complexity index is 1090. The number of anilines is 2. The highest BCUT2D eigenvalue weighted by Gasteiger charge is 2.09. The highest BCUT2D eigenvalue weighted by molar-refractivity contribution is 8.00. The maximum absolute atomic E-state index is 12.1. The number of hydrogen-bond acceptors (Lipinski definition) is 6. The first-order valence-corrected chi connectivity index (χ1v) is 11.7. The standard InChI is InChI=1S/C19H17N3O4S3/c20-29(25,26)16-9-5-13(6-10-16)21-18(23)12-28-15-7-3-14(4-8-15)22-19(24)17-2-1-11-27-17/h1-11H,12H2,(H,21,23)(H,22,24)(H2,20,25,26). The van der Waals surface area contributed by atoms with E-state index in [0.29, 0.717) is 16.3 Å². The minimum Gasteiger partial charge on any atom is -0.325 e. The molecule has 1 aromatic heterocycles. The fraction of sp³-hybridized carbons (Fsp3) is 0.0526. The van der Waals surface area contributed by atoms with Crippen LogP contribution in [0.1, 0.15) is 9.67 Å². The Balaban J connectivity index is 1.49. The molecule has 0 saturated heterocycles. The van der Waals surface area contributed by atoms with Crippen molar-refractivity contribution in [1.29, 1.82) is 0 Å². The highest BCUT2D eigenvalue weighted by Crippen LogP contribution is 2.22. The van der Waals surface area contributed by atoms with Crippen LogP contribution < -0.4 is 15.8 Å². The first kappa shape index (κ1) is 21.1. The molecular formula is C19H17N3O4S3. The number of primary sulfonamides is 1. The number of benzene rings is 2. The molecule has 0 atom stereocenters. The van der Waals surface area contributed by atoms with Crippen molar-refractivity contribution in [2.45, 2.75) is 9.79 Å². The Morgan fingerprint density at radius 3 is 2.14 bits per heavy atom. The summed E-state index contributed by atoms with van der Waals surface area (Å²) in [6.45, 7) is 0. The number of thiophene rings is 1. The summed E-state index contributed by atoms with van der Waals surface area (Å²) in [7, 11) is -3.76. The van der Waals surface area contributed by atoms with E-state index >= 15 is 0 Å². The predicted molar refractivity (Wildman–Crippen MR) is 116 cm³/mol. The fourth-order valence-electron chi connectivity index (χ4n) is 2.31. The maximum Gasteiger partial charge on any atom is 0.265 e. The molecule has 0 aliphatic carbocycles. The van der Waals surface area contributed by atoms with Crippen LogP contribution in [-0.4, -0.2) is 26.0 Å². The molecule has 0 bridgehead atoms. The molecule has 4 N–H and O–H groups in total. The number of carbonyl (C=O) groups is 2. The zero-order valence-electron chi connectivity index (χ0n) is 15.0. The normalized spacial score (nSPS) is 11.1. The van der Waals surface area contributed by atoms with Gasteiger partial charge in [0.2, 0.25) is 15.9 Å². The van der Waals surface area contributed by atoms with Gasteiger partial charge in [-0.2, -0.15) is 0 Å². The second-order valence-corrected chi connectivity index (χ2v) is 9.42. The molecule has 0 spiro atoms. The SMILES string of the molecule is NS(=O)(=O)c1ccc(NC(=O)CSc2ccc(NC(=O)c3cccs3)cc2)cc1. The van der Waals surface area contributed by atoms with Gasteiger partial charge in [-0.1, -0.05) is 6.07 Å². The lowest BCUT2D eigenvalue weighted by atomic mass is 10.3. The van der Waals surface area contributed by atoms with Gasteiger partial charge in [-0.3, -0.25) is 9.59 Å². The van der Waals surface area contributed by atoms with Crippen molar-refractivity contribution in [3.63, 3.8) is 0 Å². The molecule has 0 radical (unpaired) electrons. The van der Waals surface area contributed by atoms with Gasteiger partial charge in [0.25, 0.3) is 5.91 Å². The number of carbonyl (C=O) groups excluding carboxylic acids is 2. The van der Waals surface area contributed by atoms with E-state index in [1.165, 1.54) is 47.4 Å². The summed E-state index contributed by atoms with van der Waals surface area (Å²) >= 11 is 2.71. The van der Waals surface area contributed by atoms with Gasteiger partial charge >= 0.3 is 0 Å². The molecule has 0 unspecified atom stereocenters. The number of nitrogens with one attached hydrogen (secondary N) is 2. The summed E-state index contributed by atoms with van der Waals surface area (Å²) in [5.41, 5.74) is 1.15. The predicted octanol–water partition coefficient (Wildman–Crippen LogP) is 3.38. The molecule has 0 aliphatic rings. The average molecular weight is 448 g/mol. The molecule has 29 heavy (non-hydrogen) atoms. The van der Waals surface area contributed by atoms with Crippen LogP contribution in [0.15, 0.2) is 75.8 Å². The number of nitrogens with two attached hydrogens (primary N) is 1. The molecule has 1 heterocycles. The molecular weight excluding hydrogens is 430 g/mol. The van der Waals surface area contributed by atoms with Gasteiger partial charge in [-0.25, -0.2) is 13.6 Å². The molecule has 2 aromatic carbocycles. The lowest BCUT2D eigenvalue weighted by Crippen LogP contribution is -2.15. The summed E-state index contributed by atoms with van der Waals surface area (Å²) in [5, 5.41) is 12.4. The molecule has 150 valence electrons. The van der Waals surface area contributed by atoms with Crippen LogP contribution in [0.4, 0.5) is 11.4 Å². The molecule has 3 aromatic rings. The van der Waals surface area contributed by atoms with Crippen molar-refractivity contribution in [1.82, 2.24) is 0 Å². The van der Waals surface area contributed by atoms with E-state index in [0.717, 1.165) is 4.90 Å². The van der Waals surface area contributed by atoms with E-state index in [2.05, 4.69) is 10.6 Å². The molecule has 0 saturated carbocycles. The fourth-order valence-corrected chi connectivity index (χ4v) is 4.14. The third-order valence-corrected chi connectivity index (χ3v) is 6.50. The van der Waals surface area contributed by atoms with Gasteiger partial charge in [-0.15, -0.1) is 23.1 Å². The van der Waals surface area contributed by atoms with Crippen molar-refractivity contribution in [2.75, 3.05) is 16.4 Å². The van der Waals surface area contributed by atoms with Crippen LogP contribution in [0.3, 0.4) is 0 Å². The van der Waals surface area contributed by atoms with Gasteiger partial charge in [0, 0.05) is 16.3 Å². The van der Waals surface area contributed by atoms with Crippen LogP contribution in [0, 0.1) is 0 Å². The number of hydrogen-bond donors (Lipinski definition) is 3. The molecule has 0 aliphatic heterocycles. The van der Waals surface area contributed by atoms with Gasteiger partial charge in [0.15, 0.2) is 0 Å². The average Bonchev–Trinajstić information content (AvgIpc) is 3.22. The first-order valence-electron chi connectivity index (χ1n) is 8.32. The lowest BCUT2D eigenvalue weighted by Gasteiger charge is -2.07. The van der Waals surface area contributed by atoms with Crippen molar-refractivity contribution >= 4 is 56.3 Å². The van der Waals surface area contributed by atoms with E-state index in [9.17, 15) is 18.0 Å². The van der Waals surface area contributed by atoms with Crippen molar-refractivity contribution in [3.8, 4) is 0 Å². The summed E-state index contributed by atoms with van der Waals surface area (Å²) in [6, 6.07) is 16.4. The minimum absolute atomic E-state index is 0.0175. The third-order valence-electron chi connectivity index (χ3n) is 3.69. The van der Waals surface area contributed by atoms with Crippen molar-refractivity contribution in [3.05, 3.63) is 70.9 Å². The number of sulfonamides is 1. The maximum atomic E-state index is 12.1. The number of rotatable bonds is 7. The zero-order chi connectivity index (χ0) is 20.9. The lowest BCUT2D eigenvalue weighted by molar-refractivity contribution is -0.113. The van der Waals surface area contributed by atoms with E-state index in [4.69, 9.17) is 5.14 Å². The van der Waals surface area contributed by atoms with E-state index in [1.54, 1.807) is 18.2 Å². The zero-order valence-corrected chi connectivity index (χ0v) is 17.4. The second kappa shape index (κ2) is 9.23. The van der Waals surface area contributed by atoms with Crippen molar-refractivity contribution in [2.24, 2.45) is 5.14 Å². The molecule has 3 rings (SSSR count). The Morgan fingerprint density at radius 1 is 0.931 bits per heavy atom. The minimum atomic E-state index is -3.76. The molecule has 0 fully saturated rings. The summed E-state index contributed by atoms with van der Waals surface area (Å²) in [4.78, 5) is 25.6. The summed E-state index contributed by atoms with van der Waals surface area (Å²) in [5.74, 6) is -0.209. The third kappa shape index (κ3) is 6.16. The summed E-state index contributed by atoms with van der Waals surface area (Å²) < 4.78 is 22.5. The van der Waals surface area contributed by atoms with E-state index in [-0.39, 0.29) is 22.5 Å². The van der Waals surface area contributed by atoms with E-state index in [1.807, 2.05) is 23.6 Å². The van der Waals surface area contributed by atoms with Gasteiger partial charge in [0.1, 0.15) is 0 Å². The van der Waals surface area contributed by atoms with Gasteiger partial charge in [0.05, 0.1) is 15.5 Å². The van der Waals surface area contributed by atoms with Crippen LogP contribution in [0.5, 0.6) is 0 Å². The highest BCUT2D eigenvalue weighted by atomic mass is 32.2. The first-order chi connectivity index (χ1) is 13.8. The van der Waals surface area contributed by atoms with Crippen LogP contribution in [-0.2, 0) is 14.8 Å². The Labute approximate surface area is 176 Å². The largest absolute Gasteiger partial charge is 0.325 e. The molecule has 2 amide bonds. The van der Waals surface area contributed by atoms with Gasteiger partial charge in [-0.05, 0) is 60.0 Å². The number of thioether (sulfide) groups is 1. The monoisotopic (exact) mass is 447 g/mol. The molecule has 7 nitrogen and oxygen atoms in total. The topological polar surface area (TPSA) is 118 Å². The Hall–Kier alpha value is -2.66. The number of amides is 2. The van der Waals surface area contributed by atoms with Crippen LogP contribution in [0.25, 0.3) is 0 Å².